The lowest BCUT2D eigenvalue weighted by molar-refractivity contribution is -0.126. The zero-order valence-electron chi connectivity index (χ0n) is 13.2. The molecule has 2 rings (SSSR count). The zero-order valence-corrected chi connectivity index (χ0v) is 14.8. The Morgan fingerprint density at radius 3 is 2.35 bits per heavy atom. The summed E-state index contributed by atoms with van der Waals surface area (Å²) in [5.74, 6) is -0.158. The van der Waals surface area contributed by atoms with Crippen molar-refractivity contribution in [2.45, 2.75) is 24.7 Å². The highest BCUT2D eigenvalue weighted by Crippen LogP contribution is 2.24. The van der Waals surface area contributed by atoms with E-state index in [1.165, 1.54) is 4.31 Å². The lowest BCUT2D eigenvalue weighted by atomic mass is 9.97. The number of halogens is 1. The van der Waals surface area contributed by atoms with Crippen LogP contribution in [0.15, 0.2) is 29.2 Å². The molecule has 6 nitrogen and oxygen atoms in total. The predicted octanol–water partition coefficient (Wildman–Crippen LogP) is 0.892. The van der Waals surface area contributed by atoms with Crippen molar-refractivity contribution < 1.29 is 13.2 Å². The first-order chi connectivity index (χ1) is 10.4. The molecule has 0 radical (unpaired) electrons. The van der Waals surface area contributed by atoms with Gasteiger partial charge in [-0.3, -0.25) is 4.79 Å². The predicted molar refractivity (Wildman–Crippen MR) is 92.0 cm³/mol. The first-order valence-corrected chi connectivity index (χ1v) is 8.94. The van der Waals surface area contributed by atoms with Gasteiger partial charge in [-0.05, 0) is 31.9 Å². The van der Waals surface area contributed by atoms with E-state index in [4.69, 9.17) is 5.73 Å². The van der Waals surface area contributed by atoms with Crippen LogP contribution < -0.4 is 11.1 Å². The molecule has 23 heavy (non-hydrogen) atoms. The summed E-state index contributed by atoms with van der Waals surface area (Å²) >= 11 is 0. The van der Waals surface area contributed by atoms with Gasteiger partial charge in [-0.25, -0.2) is 8.42 Å². The van der Waals surface area contributed by atoms with Gasteiger partial charge in [0.05, 0.1) is 4.90 Å². The molecule has 0 unspecified atom stereocenters. The van der Waals surface area contributed by atoms with Crippen molar-refractivity contribution in [2.75, 3.05) is 26.2 Å². The minimum atomic E-state index is -3.46. The SMILES string of the molecule is Cc1ccc(S(=O)(=O)N2CCC(C(=O)NCCN)CC2)cc1.Cl. The first-order valence-electron chi connectivity index (χ1n) is 7.49. The van der Waals surface area contributed by atoms with E-state index >= 15 is 0 Å². The topological polar surface area (TPSA) is 92.5 Å². The standard InChI is InChI=1S/C15H23N3O3S.ClH/c1-12-2-4-14(5-3-12)22(20,21)18-10-6-13(7-11-18)15(19)17-9-8-16;/h2-5,13H,6-11,16H2,1H3,(H,17,19);1H. The first kappa shape index (κ1) is 19.9. The molecule has 1 heterocycles. The number of nitrogens with two attached hydrogens (primary N) is 1. The maximum atomic E-state index is 12.6. The Labute approximate surface area is 143 Å². The zero-order chi connectivity index (χ0) is 16.2. The molecule has 0 spiro atoms. The van der Waals surface area contributed by atoms with E-state index in [1.807, 2.05) is 6.92 Å². The van der Waals surface area contributed by atoms with Gasteiger partial charge in [-0.15, -0.1) is 12.4 Å². The van der Waals surface area contributed by atoms with Crippen LogP contribution in [0.25, 0.3) is 0 Å². The number of rotatable bonds is 5. The monoisotopic (exact) mass is 361 g/mol. The Morgan fingerprint density at radius 2 is 1.83 bits per heavy atom. The van der Waals surface area contributed by atoms with Crippen LogP contribution in [-0.2, 0) is 14.8 Å². The second-order valence-electron chi connectivity index (χ2n) is 5.57. The second kappa shape index (κ2) is 8.63. The Bertz CT molecular complexity index is 611. The van der Waals surface area contributed by atoms with E-state index in [-0.39, 0.29) is 24.2 Å². The van der Waals surface area contributed by atoms with Crippen LogP contribution in [0, 0.1) is 12.8 Å². The van der Waals surface area contributed by atoms with Crippen molar-refractivity contribution in [2.24, 2.45) is 11.7 Å². The van der Waals surface area contributed by atoms with Crippen molar-refractivity contribution in [3.63, 3.8) is 0 Å². The van der Waals surface area contributed by atoms with Crippen LogP contribution in [-0.4, -0.2) is 44.8 Å². The number of sulfonamides is 1. The Kier molecular flexibility index (Phi) is 7.47. The molecule has 0 aliphatic carbocycles. The second-order valence-corrected chi connectivity index (χ2v) is 7.51. The van der Waals surface area contributed by atoms with Crippen molar-refractivity contribution in [1.82, 2.24) is 9.62 Å². The molecule has 1 saturated heterocycles. The molecule has 1 aliphatic rings. The van der Waals surface area contributed by atoms with Gasteiger partial charge in [0.2, 0.25) is 15.9 Å². The lowest BCUT2D eigenvalue weighted by Crippen LogP contribution is -2.43. The number of nitrogens with zero attached hydrogens (tertiary/aromatic N) is 1. The quantitative estimate of drug-likeness (QED) is 0.814. The highest BCUT2D eigenvalue weighted by Gasteiger charge is 2.31. The summed E-state index contributed by atoms with van der Waals surface area (Å²) in [5.41, 5.74) is 6.38. The van der Waals surface area contributed by atoms with E-state index in [0.29, 0.717) is 43.9 Å². The lowest BCUT2D eigenvalue weighted by Gasteiger charge is -2.30. The number of hydrogen-bond donors (Lipinski definition) is 2. The van der Waals surface area contributed by atoms with Crippen LogP contribution in [0.1, 0.15) is 18.4 Å². The van der Waals surface area contributed by atoms with Crippen LogP contribution in [0.5, 0.6) is 0 Å². The van der Waals surface area contributed by atoms with E-state index in [2.05, 4.69) is 5.32 Å². The fourth-order valence-corrected chi connectivity index (χ4v) is 4.03. The van der Waals surface area contributed by atoms with Crippen molar-refractivity contribution in [1.29, 1.82) is 0 Å². The minimum Gasteiger partial charge on any atom is -0.355 e. The smallest absolute Gasteiger partial charge is 0.243 e. The van der Waals surface area contributed by atoms with Gasteiger partial charge < -0.3 is 11.1 Å². The molecule has 1 aromatic carbocycles. The number of hydrogen-bond acceptors (Lipinski definition) is 4. The number of amides is 1. The summed E-state index contributed by atoms with van der Waals surface area (Å²) in [6.45, 7) is 3.53. The van der Waals surface area contributed by atoms with Gasteiger partial charge in [-0.2, -0.15) is 4.31 Å². The molecule has 3 N–H and O–H groups in total. The van der Waals surface area contributed by atoms with Gasteiger partial charge in [0.15, 0.2) is 0 Å². The van der Waals surface area contributed by atoms with Crippen LogP contribution in [0.4, 0.5) is 0 Å². The van der Waals surface area contributed by atoms with Gasteiger partial charge in [0.1, 0.15) is 0 Å². The summed E-state index contributed by atoms with van der Waals surface area (Å²) in [5, 5.41) is 2.76. The molecule has 8 heteroatoms. The highest BCUT2D eigenvalue weighted by molar-refractivity contribution is 7.89. The van der Waals surface area contributed by atoms with E-state index < -0.39 is 10.0 Å². The number of carbonyl (C=O) groups is 1. The molecule has 1 aromatic rings. The molecule has 0 saturated carbocycles. The third-order valence-electron chi connectivity index (χ3n) is 3.93. The number of aryl methyl sites for hydroxylation is 1. The maximum Gasteiger partial charge on any atom is 0.243 e. The third-order valence-corrected chi connectivity index (χ3v) is 5.84. The minimum absolute atomic E-state index is 0. The van der Waals surface area contributed by atoms with E-state index in [0.717, 1.165) is 5.56 Å². The molecule has 1 aliphatic heterocycles. The van der Waals surface area contributed by atoms with E-state index in [9.17, 15) is 13.2 Å². The van der Waals surface area contributed by atoms with E-state index in [1.54, 1.807) is 24.3 Å². The van der Waals surface area contributed by atoms with Gasteiger partial charge in [0, 0.05) is 32.1 Å². The van der Waals surface area contributed by atoms with Crippen molar-refractivity contribution in [3.05, 3.63) is 29.8 Å². The average Bonchev–Trinajstić information content (AvgIpc) is 2.53. The maximum absolute atomic E-state index is 12.6. The molecule has 0 bridgehead atoms. The molecular weight excluding hydrogens is 338 g/mol. The fourth-order valence-electron chi connectivity index (χ4n) is 2.56. The molecular formula is C15H24ClN3O3S. The largest absolute Gasteiger partial charge is 0.355 e. The van der Waals surface area contributed by atoms with Gasteiger partial charge >= 0.3 is 0 Å². The number of piperidine rings is 1. The van der Waals surface area contributed by atoms with Crippen LogP contribution in [0.2, 0.25) is 0 Å². The summed E-state index contributed by atoms with van der Waals surface area (Å²) in [6, 6.07) is 6.84. The Balaban J connectivity index is 0.00000264. The van der Waals surface area contributed by atoms with Crippen molar-refractivity contribution >= 4 is 28.3 Å². The van der Waals surface area contributed by atoms with Gasteiger partial charge in [0.25, 0.3) is 0 Å². The number of nitrogens with one attached hydrogen (secondary N) is 1. The molecule has 0 atom stereocenters. The summed E-state index contributed by atoms with van der Waals surface area (Å²) in [7, 11) is -3.46. The Hall–Kier alpha value is -1.15. The normalized spacial score (nSPS) is 16.6. The van der Waals surface area contributed by atoms with Gasteiger partial charge in [-0.1, -0.05) is 17.7 Å². The number of carbonyl (C=O) groups excluding carboxylic acids is 1. The fraction of sp³-hybridized carbons (Fsp3) is 0.533. The average molecular weight is 362 g/mol. The molecule has 1 fully saturated rings. The molecule has 1 amide bonds. The molecule has 0 aromatic heterocycles. The third kappa shape index (κ3) is 4.91. The molecule has 130 valence electrons. The highest BCUT2D eigenvalue weighted by atomic mass is 35.5. The van der Waals surface area contributed by atoms with Crippen molar-refractivity contribution in [3.8, 4) is 0 Å². The van der Waals surface area contributed by atoms with Crippen LogP contribution in [0.3, 0.4) is 0 Å². The summed E-state index contributed by atoms with van der Waals surface area (Å²) < 4.78 is 26.6. The number of benzene rings is 1. The Morgan fingerprint density at radius 1 is 1.26 bits per heavy atom. The van der Waals surface area contributed by atoms with Crippen LogP contribution >= 0.6 is 12.4 Å². The summed E-state index contributed by atoms with van der Waals surface area (Å²) in [4.78, 5) is 12.2. The summed E-state index contributed by atoms with van der Waals surface area (Å²) in [6.07, 6.45) is 1.09.